The summed E-state index contributed by atoms with van der Waals surface area (Å²) in [5.74, 6) is -1.33. The number of ether oxygens (including phenoxy) is 1. The van der Waals surface area contributed by atoms with Crippen molar-refractivity contribution in [2.75, 3.05) is 0 Å². The van der Waals surface area contributed by atoms with Crippen molar-refractivity contribution in [3.8, 4) is 0 Å². The summed E-state index contributed by atoms with van der Waals surface area (Å²) in [6.45, 7) is 0.151. The molecule has 0 aliphatic carbocycles. The lowest BCUT2D eigenvalue weighted by Crippen LogP contribution is -2.08. The highest BCUT2D eigenvalue weighted by Gasteiger charge is 2.09. The van der Waals surface area contributed by atoms with Crippen molar-refractivity contribution in [1.82, 2.24) is 4.98 Å². The quantitative estimate of drug-likeness (QED) is 0.602. The second-order valence-corrected chi connectivity index (χ2v) is 3.41. The van der Waals surface area contributed by atoms with Gasteiger partial charge in [0.15, 0.2) is 5.69 Å². The molecule has 0 spiro atoms. The van der Waals surface area contributed by atoms with Crippen molar-refractivity contribution >= 4 is 5.97 Å². The minimum Gasteiger partial charge on any atom is -0.456 e. The van der Waals surface area contributed by atoms with Crippen molar-refractivity contribution in [2.24, 2.45) is 0 Å². The average molecular weight is 231 g/mol. The average Bonchev–Trinajstić information content (AvgIpc) is 2.37. The van der Waals surface area contributed by atoms with Crippen LogP contribution in [-0.4, -0.2) is 11.0 Å². The molecule has 1 aromatic heterocycles. The summed E-state index contributed by atoms with van der Waals surface area (Å²) in [4.78, 5) is 15.0. The summed E-state index contributed by atoms with van der Waals surface area (Å²) >= 11 is 0. The van der Waals surface area contributed by atoms with Gasteiger partial charge in [0, 0.05) is 0 Å². The number of pyridine rings is 1. The van der Waals surface area contributed by atoms with Crippen LogP contribution in [-0.2, 0) is 11.3 Å². The number of benzene rings is 1. The Morgan fingerprint density at radius 2 is 1.88 bits per heavy atom. The molecule has 0 N–H and O–H groups in total. The number of nitrogens with zero attached hydrogens (tertiary/aromatic N) is 1. The lowest BCUT2D eigenvalue weighted by atomic mass is 10.2. The maximum absolute atomic E-state index is 12.8. The van der Waals surface area contributed by atoms with E-state index in [9.17, 15) is 9.18 Å². The molecule has 0 aliphatic rings. The largest absolute Gasteiger partial charge is 0.456 e. The first-order valence-corrected chi connectivity index (χ1v) is 5.09. The Hall–Kier alpha value is -2.23. The van der Waals surface area contributed by atoms with Gasteiger partial charge in [0.1, 0.15) is 6.61 Å². The Morgan fingerprint density at radius 3 is 2.59 bits per heavy atom. The van der Waals surface area contributed by atoms with Crippen LogP contribution in [0.1, 0.15) is 16.1 Å². The zero-order valence-electron chi connectivity index (χ0n) is 8.97. The zero-order valence-corrected chi connectivity index (χ0v) is 8.97. The number of carbonyl (C=O) groups excluding carboxylic acids is 1. The summed E-state index contributed by atoms with van der Waals surface area (Å²) in [6, 6.07) is 13.3. The molecule has 0 saturated heterocycles. The van der Waals surface area contributed by atoms with Crippen LogP contribution in [0.3, 0.4) is 0 Å². The molecule has 4 heteroatoms. The van der Waals surface area contributed by atoms with Gasteiger partial charge in [-0.25, -0.2) is 9.78 Å². The second-order valence-electron chi connectivity index (χ2n) is 3.41. The van der Waals surface area contributed by atoms with Gasteiger partial charge in [-0.15, -0.1) is 0 Å². The third kappa shape index (κ3) is 3.11. The van der Waals surface area contributed by atoms with Crippen molar-refractivity contribution < 1.29 is 13.9 Å². The normalized spacial score (nSPS) is 9.94. The summed E-state index contributed by atoms with van der Waals surface area (Å²) < 4.78 is 17.8. The van der Waals surface area contributed by atoms with Crippen molar-refractivity contribution in [2.45, 2.75) is 6.61 Å². The molecule has 3 nitrogen and oxygen atoms in total. The lowest BCUT2D eigenvalue weighted by molar-refractivity contribution is 0.0464. The first-order chi connectivity index (χ1) is 8.25. The van der Waals surface area contributed by atoms with Crippen molar-refractivity contribution in [3.63, 3.8) is 0 Å². The number of halogens is 1. The Morgan fingerprint density at radius 1 is 1.12 bits per heavy atom. The molecule has 0 aliphatic heterocycles. The maximum Gasteiger partial charge on any atom is 0.357 e. The molecule has 1 aromatic carbocycles. The molecule has 0 bridgehead atoms. The van der Waals surface area contributed by atoms with E-state index in [4.69, 9.17) is 4.74 Å². The number of hydrogen-bond donors (Lipinski definition) is 0. The third-order valence-corrected chi connectivity index (χ3v) is 2.14. The van der Waals surface area contributed by atoms with Crippen LogP contribution in [0.2, 0.25) is 0 Å². The Bertz CT molecular complexity index is 514. The molecule has 0 saturated carbocycles. The smallest absolute Gasteiger partial charge is 0.357 e. The molecule has 17 heavy (non-hydrogen) atoms. The Kier molecular flexibility index (Phi) is 3.45. The molecule has 2 rings (SSSR count). The molecule has 0 amide bonds. The van der Waals surface area contributed by atoms with Crippen LogP contribution in [0.4, 0.5) is 4.39 Å². The molecule has 0 unspecified atom stereocenters. The first-order valence-electron chi connectivity index (χ1n) is 5.09. The van der Waals surface area contributed by atoms with Crippen molar-refractivity contribution in [3.05, 3.63) is 65.7 Å². The van der Waals surface area contributed by atoms with Gasteiger partial charge in [0.2, 0.25) is 5.95 Å². The van der Waals surface area contributed by atoms with Crippen LogP contribution in [0.15, 0.2) is 48.5 Å². The molecule has 0 atom stereocenters. The first kappa shape index (κ1) is 11.3. The molecular formula is C13H10FNO2. The predicted octanol–water partition coefficient (Wildman–Crippen LogP) is 2.58. The van der Waals surface area contributed by atoms with Crippen LogP contribution < -0.4 is 0 Å². The molecule has 0 radical (unpaired) electrons. The van der Waals surface area contributed by atoms with Gasteiger partial charge in [0.25, 0.3) is 0 Å². The number of rotatable bonds is 3. The number of hydrogen-bond acceptors (Lipinski definition) is 3. The summed E-state index contributed by atoms with van der Waals surface area (Å²) in [6.07, 6.45) is 0. The van der Waals surface area contributed by atoms with Gasteiger partial charge < -0.3 is 4.74 Å². The minimum atomic E-state index is -0.695. The van der Waals surface area contributed by atoms with E-state index in [0.717, 1.165) is 5.56 Å². The molecule has 2 aromatic rings. The highest BCUT2D eigenvalue weighted by Crippen LogP contribution is 2.05. The fraction of sp³-hybridized carbons (Fsp3) is 0.0769. The van der Waals surface area contributed by atoms with Gasteiger partial charge in [-0.3, -0.25) is 0 Å². The van der Waals surface area contributed by atoms with E-state index in [1.165, 1.54) is 18.2 Å². The van der Waals surface area contributed by atoms with E-state index in [-0.39, 0.29) is 12.3 Å². The monoisotopic (exact) mass is 231 g/mol. The number of aromatic nitrogens is 1. The van der Waals surface area contributed by atoms with Crippen LogP contribution in [0.25, 0.3) is 0 Å². The summed E-state index contributed by atoms with van der Waals surface area (Å²) in [5.41, 5.74) is 0.846. The Labute approximate surface area is 97.9 Å². The van der Waals surface area contributed by atoms with Crippen LogP contribution >= 0.6 is 0 Å². The van der Waals surface area contributed by atoms with Gasteiger partial charge in [-0.2, -0.15) is 4.39 Å². The van der Waals surface area contributed by atoms with Gasteiger partial charge >= 0.3 is 5.97 Å². The highest BCUT2D eigenvalue weighted by atomic mass is 19.1. The number of esters is 1. The SMILES string of the molecule is O=C(OCc1ccccc1)c1cccc(F)n1. The maximum atomic E-state index is 12.8. The van der Waals surface area contributed by atoms with Gasteiger partial charge in [-0.05, 0) is 17.7 Å². The van der Waals surface area contributed by atoms with Crippen LogP contribution in [0.5, 0.6) is 0 Å². The predicted molar refractivity (Wildman–Crippen MR) is 59.8 cm³/mol. The fourth-order valence-corrected chi connectivity index (χ4v) is 1.32. The standard InChI is InChI=1S/C13H10FNO2/c14-12-8-4-7-11(15-12)13(16)17-9-10-5-2-1-3-6-10/h1-8H,9H2. The second kappa shape index (κ2) is 5.21. The fourth-order valence-electron chi connectivity index (χ4n) is 1.32. The zero-order chi connectivity index (χ0) is 12.1. The lowest BCUT2D eigenvalue weighted by Gasteiger charge is -2.03. The molecule has 1 heterocycles. The number of carbonyl (C=O) groups is 1. The Balaban J connectivity index is 1.98. The third-order valence-electron chi connectivity index (χ3n) is 2.14. The van der Waals surface area contributed by atoms with E-state index in [0.29, 0.717) is 0 Å². The molecule has 86 valence electrons. The minimum absolute atomic E-state index is 0.0269. The van der Waals surface area contributed by atoms with E-state index in [1.807, 2.05) is 30.3 Å². The van der Waals surface area contributed by atoms with Crippen LogP contribution in [0, 0.1) is 5.95 Å². The highest BCUT2D eigenvalue weighted by molar-refractivity contribution is 5.87. The summed E-state index contributed by atoms with van der Waals surface area (Å²) in [7, 11) is 0. The molecular weight excluding hydrogens is 221 g/mol. The van der Waals surface area contributed by atoms with E-state index < -0.39 is 11.9 Å². The molecule has 0 fully saturated rings. The van der Waals surface area contributed by atoms with E-state index in [1.54, 1.807) is 0 Å². The van der Waals surface area contributed by atoms with Gasteiger partial charge in [0.05, 0.1) is 0 Å². The topological polar surface area (TPSA) is 39.2 Å². The van der Waals surface area contributed by atoms with Gasteiger partial charge in [-0.1, -0.05) is 36.4 Å². The summed E-state index contributed by atoms with van der Waals surface area (Å²) in [5, 5.41) is 0. The van der Waals surface area contributed by atoms with E-state index in [2.05, 4.69) is 4.98 Å². The van der Waals surface area contributed by atoms with Crippen molar-refractivity contribution in [1.29, 1.82) is 0 Å². The van der Waals surface area contributed by atoms with E-state index >= 15 is 0 Å².